The number of amides is 2. The van der Waals surface area contributed by atoms with Crippen molar-refractivity contribution in [2.75, 3.05) is 65.7 Å². The lowest BCUT2D eigenvalue weighted by Crippen LogP contribution is -2.19. The number of hydrogen-bond acceptors (Lipinski definition) is 11. The highest BCUT2D eigenvalue weighted by Gasteiger charge is 2.16. The first kappa shape index (κ1) is 101. The number of aromatic nitrogens is 6. The second-order valence-corrected chi connectivity index (χ2v) is 24.5. The summed E-state index contributed by atoms with van der Waals surface area (Å²) in [6.45, 7) is 42.8. The van der Waals surface area contributed by atoms with Gasteiger partial charge >= 0.3 is 0 Å². The number of carbonyl (C=O) groups is 4. The number of nitrogens with zero attached hydrogens (tertiary/aromatic N) is 7. The Kier molecular flexibility index (Phi) is 56.4. The summed E-state index contributed by atoms with van der Waals surface area (Å²) in [7, 11) is 5.61. The Morgan fingerprint density at radius 2 is 0.894 bits per heavy atom. The SMILES string of the molecule is CC.CC.CC.CC.CC.CC.CC.CC.CC.CN(C)Cc1nccn1-c1cccc(CC(=O)c2cccc(C#CC3CCCCNC3)c2)c1.CNC(=O)c1cn(-c2cccc(C(=O)Nc3cccc(C#CC4CCCCNC4)c3)c2)cn1.O=C(Cc1cccc(-n2ccnc2)c1)c1cccc(C#CC2CCCCNC2)c1.[3HH].[3HH].[3HH]. The number of Topliss-reactive ketones (excluding diaryl/α,β-unsaturated/α-hetero) is 2. The second kappa shape index (κ2) is 63.3. The zero-order chi connectivity index (χ0) is 84.0. The molecule has 0 aliphatic carbocycles. The van der Waals surface area contributed by atoms with E-state index in [2.05, 4.69) is 92.6 Å². The predicted octanol–water partition coefficient (Wildman–Crippen LogP) is 21.3. The van der Waals surface area contributed by atoms with Gasteiger partial charge in [-0.05, 0) is 168 Å². The van der Waals surface area contributed by atoms with Crippen LogP contribution in [0.15, 0.2) is 189 Å². The van der Waals surface area contributed by atoms with E-state index in [0.29, 0.717) is 58.7 Å². The van der Waals surface area contributed by atoms with Crippen molar-refractivity contribution in [3.63, 3.8) is 0 Å². The van der Waals surface area contributed by atoms with Gasteiger partial charge in [-0.2, -0.15) is 0 Å². The topological polar surface area (TPSA) is 185 Å². The molecule has 6 heterocycles. The molecule has 16 heteroatoms. The van der Waals surface area contributed by atoms with E-state index in [1.165, 1.54) is 38.5 Å². The summed E-state index contributed by atoms with van der Waals surface area (Å²) in [5.74, 6) is 21.8. The van der Waals surface area contributed by atoms with E-state index in [1.54, 1.807) is 54.9 Å². The molecule has 0 bridgehead atoms. The van der Waals surface area contributed by atoms with Gasteiger partial charge in [0.05, 0.1) is 12.9 Å². The van der Waals surface area contributed by atoms with Crippen molar-refractivity contribution in [2.45, 2.75) is 202 Å². The van der Waals surface area contributed by atoms with Gasteiger partial charge in [0.2, 0.25) is 0 Å². The van der Waals surface area contributed by atoms with Crippen molar-refractivity contribution in [3.05, 3.63) is 245 Å². The summed E-state index contributed by atoms with van der Waals surface area (Å²) in [5.41, 5.74) is 10.4. The Hall–Kier alpha value is -10.3. The average Bonchev–Trinajstić information content (AvgIpc) is 1.58. The van der Waals surface area contributed by atoms with Gasteiger partial charge in [0.1, 0.15) is 17.8 Å². The maximum Gasteiger partial charge on any atom is 0.271 e. The van der Waals surface area contributed by atoms with Crippen LogP contribution in [-0.4, -0.2) is 117 Å². The molecular formula is C97H144N12O4. The van der Waals surface area contributed by atoms with Gasteiger partial charge in [0.15, 0.2) is 11.6 Å². The standard InChI is InChI=1S/C28H32N4O.C26H27N5O2.C25H25N3O.9C2H6.3H2/c1-31(2)21-28-30-15-16-32(28)26-11-6-9-24(18-26)19-27(33)25-10-5-8-22(17-25)12-13-23-7-3-4-14-29-20-23;1-27-26(33)24-17-31(18-29-24)23-10-5-8-21(15-23)25(32)30-22-9-4-7-19(14-22)11-12-20-6-2-3-13-28-16-20;29-25(17-22-7-4-9-24(16-22)28-14-13-27-19-28)23-8-3-6-20(15-23)10-11-21-5-1-2-12-26-18-21;9*1-2;;;/h5-6,8-11,15-18,23,29H,3-4,7,14,19-21H2,1-2H3;4-5,7-10,14-15,17-18,20,28H,2-3,6,13,16H2,1H3,(H,27,33)(H,30,32);3-4,6-9,13-16,19,21,26H,1-2,5,12,17-18H2;9*1-2H3;3*1H/i;;;;;;;;;;;;3*1+2. The maximum atomic E-state index is 13.0. The minimum atomic E-state index is -0.263. The Morgan fingerprint density at radius 1 is 0.460 bits per heavy atom. The fourth-order valence-electron chi connectivity index (χ4n) is 11.5. The van der Waals surface area contributed by atoms with E-state index in [1.807, 2.05) is 283 Å². The van der Waals surface area contributed by atoms with Crippen molar-refractivity contribution in [1.29, 1.82) is 0 Å². The van der Waals surface area contributed by atoms with Gasteiger partial charge in [-0.15, -0.1) is 0 Å². The summed E-state index contributed by atoms with van der Waals surface area (Å²) in [4.78, 5) is 65.3. The molecule has 0 radical (unpaired) electrons. The molecule has 2 amide bonds. The Bertz CT molecular complexity index is 4240. The molecule has 16 nitrogen and oxygen atoms in total. The second-order valence-electron chi connectivity index (χ2n) is 24.5. The molecule has 6 aromatic carbocycles. The van der Waals surface area contributed by atoms with E-state index in [4.69, 9.17) is 0 Å². The smallest absolute Gasteiger partial charge is 0.271 e. The molecule has 3 aliphatic heterocycles. The Labute approximate surface area is 686 Å². The molecule has 3 aliphatic rings. The maximum absolute atomic E-state index is 13.0. The third kappa shape index (κ3) is 37.8. The lowest BCUT2D eigenvalue weighted by Gasteiger charge is -2.13. The van der Waals surface area contributed by atoms with E-state index in [-0.39, 0.29) is 27.7 Å². The first-order valence-corrected chi connectivity index (χ1v) is 42.0. The largest absolute Gasteiger partial charge is 0.354 e. The van der Waals surface area contributed by atoms with Crippen LogP contribution < -0.4 is 26.6 Å². The van der Waals surface area contributed by atoms with Crippen molar-refractivity contribution in [3.8, 4) is 52.6 Å². The van der Waals surface area contributed by atoms with Crippen LogP contribution >= 0.6 is 0 Å². The number of anilines is 1. The van der Waals surface area contributed by atoms with E-state index >= 15 is 0 Å². The monoisotopic (exact) mass is 1550 g/mol. The Morgan fingerprint density at radius 3 is 1.36 bits per heavy atom. The van der Waals surface area contributed by atoms with Gasteiger partial charge in [0.25, 0.3) is 11.8 Å². The van der Waals surface area contributed by atoms with Crippen molar-refractivity contribution in [2.24, 2.45) is 17.8 Å². The molecule has 0 spiro atoms. The molecule has 3 aromatic heterocycles. The highest BCUT2D eigenvalue weighted by atomic mass is 16.2. The summed E-state index contributed by atoms with van der Waals surface area (Å²) in [6.07, 6.45) is 23.8. The molecule has 0 saturated carbocycles. The van der Waals surface area contributed by atoms with Crippen molar-refractivity contribution < 1.29 is 23.5 Å². The minimum Gasteiger partial charge on any atom is -0.354 e. The highest BCUT2D eigenvalue weighted by molar-refractivity contribution is 6.04. The van der Waals surface area contributed by atoms with Gasteiger partial charge < -0.3 is 45.2 Å². The van der Waals surface area contributed by atoms with Crippen molar-refractivity contribution >= 4 is 29.1 Å². The molecule has 3 fully saturated rings. The van der Waals surface area contributed by atoms with Crippen LogP contribution in [0, 0.1) is 53.3 Å². The van der Waals surface area contributed by atoms with Crippen molar-refractivity contribution in [1.82, 2.24) is 54.8 Å². The minimum absolute atomic E-state index is 0. The van der Waals surface area contributed by atoms with Gasteiger partial charge in [-0.3, -0.25) is 19.2 Å². The van der Waals surface area contributed by atoms with E-state index < -0.39 is 0 Å². The van der Waals surface area contributed by atoms with Crippen LogP contribution in [0.25, 0.3) is 17.1 Å². The summed E-state index contributed by atoms with van der Waals surface area (Å²) < 4.78 is 5.72. The fourth-order valence-corrected chi connectivity index (χ4v) is 11.5. The third-order valence-electron chi connectivity index (χ3n) is 16.6. The van der Waals surface area contributed by atoms with Crippen LogP contribution in [0.2, 0.25) is 0 Å². The molecule has 616 valence electrons. The van der Waals surface area contributed by atoms with E-state index in [0.717, 1.165) is 116 Å². The number of imidazole rings is 3. The van der Waals surface area contributed by atoms with Gasteiger partial charge in [-0.1, -0.05) is 240 Å². The first-order chi connectivity index (χ1) is 55.5. The molecule has 3 unspecified atom stereocenters. The van der Waals surface area contributed by atoms with Crippen LogP contribution in [0.1, 0.15) is 262 Å². The van der Waals surface area contributed by atoms with E-state index in [9.17, 15) is 19.2 Å². The van der Waals surface area contributed by atoms with Crippen LogP contribution in [0.3, 0.4) is 0 Å². The van der Waals surface area contributed by atoms with Crippen LogP contribution in [0.4, 0.5) is 5.69 Å². The summed E-state index contributed by atoms with van der Waals surface area (Å²) in [5, 5.41) is 15.8. The third-order valence-corrected chi connectivity index (χ3v) is 16.6. The lowest BCUT2D eigenvalue weighted by atomic mass is 10.00. The van der Waals surface area contributed by atoms with Gasteiger partial charge in [-0.25, -0.2) is 15.0 Å². The van der Waals surface area contributed by atoms with Crippen LogP contribution in [0.5, 0.6) is 0 Å². The zero-order valence-electron chi connectivity index (χ0n) is 72.6. The molecule has 9 aromatic rings. The highest BCUT2D eigenvalue weighted by Crippen LogP contribution is 2.21. The summed E-state index contributed by atoms with van der Waals surface area (Å²) in [6, 6.07) is 46.3. The zero-order valence-corrected chi connectivity index (χ0v) is 72.6. The molecule has 3 saturated heterocycles. The van der Waals surface area contributed by atoms with Crippen LogP contribution in [-0.2, 0) is 19.4 Å². The quantitative estimate of drug-likeness (QED) is 0.0515. The lowest BCUT2D eigenvalue weighted by molar-refractivity contribution is 0.0955. The Balaban J connectivity index is -0.00000149. The molecule has 3 atom stereocenters. The predicted molar refractivity (Wildman–Crippen MR) is 485 cm³/mol. The normalized spacial score (nSPS) is 14.0. The molecule has 5 N–H and O–H groups in total. The van der Waals surface area contributed by atoms with Gasteiger partial charge in [0, 0.05) is 149 Å². The number of rotatable bonds is 14. The number of nitrogens with one attached hydrogen (secondary N) is 5. The first-order valence-electron chi connectivity index (χ1n) is 42.0. The number of benzene rings is 6. The molecule has 113 heavy (non-hydrogen) atoms. The molecular weight excluding hydrogens is 1400 g/mol. The summed E-state index contributed by atoms with van der Waals surface area (Å²) >= 11 is 0. The number of carbonyl (C=O) groups excluding carboxylic acids is 4. The molecule has 12 rings (SSSR count). The fraction of sp³-hybridized carbons (Fsp3) is 0.433. The number of hydrogen-bond donors (Lipinski definition) is 5. The number of ketones is 2. The average molecular weight is 1550 g/mol.